The molecule has 0 atom stereocenters. The van der Waals surface area contributed by atoms with Crippen LogP contribution in [0.5, 0.6) is 0 Å². The predicted molar refractivity (Wildman–Crippen MR) is 55.7 cm³/mol. The van der Waals surface area contributed by atoms with Gasteiger partial charge < -0.3 is 0 Å². The molecular weight excluding hydrogens is 188 g/mol. The maximum Gasteiger partial charge on any atom is 0.118 e. The lowest BCUT2D eigenvalue weighted by Crippen LogP contribution is -1.90. The minimum absolute atomic E-state index is 0.990. The standard InChI is InChI=1S/C8H10N2S2/c1-4-6-7(11-2)9-5-10-8(6)12-3/h4-5H,1H2,2-3H3. The molecule has 12 heavy (non-hydrogen) atoms. The Morgan fingerprint density at radius 2 is 1.75 bits per heavy atom. The van der Waals surface area contributed by atoms with Crippen molar-refractivity contribution in [2.24, 2.45) is 0 Å². The van der Waals surface area contributed by atoms with Crippen LogP contribution >= 0.6 is 23.5 Å². The molecule has 0 spiro atoms. The number of nitrogens with zero attached hydrogens (tertiary/aromatic N) is 2. The maximum atomic E-state index is 4.14. The van der Waals surface area contributed by atoms with Crippen LogP contribution in [0.4, 0.5) is 0 Å². The number of thioether (sulfide) groups is 2. The molecule has 0 aliphatic carbocycles. The summed E-state index contributed by atoms with van der Waals surface area (Å²) < 4.78 is 0. The molecule has 1 aromatic heterocycles. The summed E-state index contributed by atoms with van der Waals surface area (Å²) in [6.07, 6.45) is 7.39. The van der Waals surface area contributed by atoms with Gasteiger partial charge in [-0.2, -0.15) is 0 Å². The highest BCUT2D eigenvalue weighted by atomic mass is 32.2. The molecule has 1 aromatic rings. The second kappa shape index (κ2) is 4.52. The maximum absolute atomic E-state index is 4.14. The minimum Gasteiger partial charge on any atom is -0.229 e. The van der Waals surface area contributed by atoms with E-state index in [1.807, 2.05) is 12.5 Å². The third-order valence-corrected chi connectivity index (χ3v) is 2.83. The monoisotopic (exact) mass is 198 g/mol. The van der Waals surface area contributed by atoms with E-state index >= 15 is 0 Å². The van der Waals surface area contributed by atoms with E-state index in [1.165, 1.54) is 0 Å². The lowest BCUT2D eigenvalue weighted by Gasteiger charge is -2.04. The third kappa shape index (κ3) is 1.81. The van der Waals surface area contributed by atoms with Crippen LogP contribution < -0.4 is 0 Å². The fraction of sp³-hybridized carbons (Fsp3) is 0.250. The smallest absolute Gasteiger partial charge is 0.118 e. The van der Waals surface area contributed by atoms with Crippen molar-refractivity contribution in [1.82, 2.24) is 9.97 Å². The van der Waals surface area contributed by atoms with Crippen molar-refractivity contribution in [2.75, 3.05) is 12.5 Å². The molecule has 0 bridgehead atoms. The Morgan fingerprint density at radius 1 is 1.25 bits per heavy atom. The third-order valence-electron chi connectivity index (χ3n) is 1.40. The van der Waals surface area contributed by atoms with Gasteiger partial charge in [-0.05, 0) is 12.5 Å². The largest absolute Gasteiger partial charge is 0.229 e. The molecule has 0 aromatic carbocycles. The van der Waals surface area contributed by atoms with E-state index in [4.69, 9.17) is 0 Å². The molecular formula is C8H10N2S2. The van der Waals surface area contributed by atoms with E-state index < -0.39 is 0 Å². The number of rotatable bonds is 3. The molecule has 0 saturated carbocycles. The van der Waals surface area contributed by atoms with E-state index in [1.54, 1.807) is 35.9 Å². The van der Waals surface area contributed by atoms with Crippen LogP contribution in [-0.2, 0) is 0 Å². The summed E-state index contributed by atoms with van der Waals surface area (Å²) in [4.78, 5) is 8.29. The zero-order valence-corrected chi connectivity index (χ0v) is 8.71. The molecule has 1 heterocycles. The normalized spacial score (nSPS) is 9.83. The SMILES string of the molecule is C=Cc1c(SC)ncnc1SC. The van der Waals surface area contributed by atoms with Gasteiger partial charge in [-0.25, -0.2) is 9.97 Å². The molecule has 0 N–H and O–H groups in total. The first-order valence-corrected chi connectivity index (χ1v) is 5.83. The van der Waals surface area contributed by atoms with Crippen LogP contribution in [0.15, 0.2) is 23.0 Å². The molecule has 2 nitrogen and oxygen atoms in total. The fourth-order valence-corrected chi connectivity index (χ4v) is 2.03. The average molecular weight is 198 g/mol. The van der Waals surface area contributed by atoms with Gasteiger partial charge in [0.15, 0.2) is 0 Å². The zero-order valence-electron chi connectivity index (χ0n) is 7.07. The lowest BCUT2D eigenvalue weighted by molar-refractivity contribution is 0.953. The van der Waals surface area contributed by atoms with Gasteiger partial charge in [-0.3, -0.25) is 0 Å². The number of hydrogen-bond donors (Lipinski definition) is 0. The summed E-state index contributed by atoms with van der Waals surface area (Å²) >= 11 is 3.23. The summed E-state index contributed by atoms with van der Waals surface area (Å²) in [7, 11) is 0. The zero-order chi connectivity index (χ0) is 8.97. The molecule has 0 aliphatic rings. The van der Waals surface area contributed by atoms with Crippen LogP contribution in [-0.4, -0.2) is 22.5 Å². The summed E-state index contributed by atoms with van der Waals surface area (Å²) in [6, 6.07) is 0. The molecule has 0 aliphatic heterocycles. The van der Waals surface area contributed by atoms with Crippen molar-refractivity contribution in [2.45, 2.75) is 10.1 Å². The average Bonchev–Trinajstić information content (AvgIpc) is 2.16. The van der Waals surface area contributed by atoms with Crippen LogP contribution in [0.2, 0.25) is 0 Å². The van der Waals surface area contributed by atoms with E-state index in [0.717, 1.165) is 15.6 Å². The Hall–Kier alpha value is -0.480. The molecule has 64 valence electrons. The Kier molecular flexibility index (Phi) is 3.62. The van der Waals surface area contributed by atoms with Crippen molar-refractivity contribution in [3.8, 4) is 0 Å². The Bertz CT molecular complexity index is 264. The van der Waals surface area contributed by atoms with Gasteiger partial charge in [-0.1, -0.05) is 12.7 Å². The molecule has 0 fully saturated rings. The summed E-state index contributed by atoms with van der Waals surface area (Å²) in [5.74, 6) is 0. The van der Waals surface area contributed by atoms with Crippen molar-refractivity contribution in [3.05, 3.63) is 18.5 Å². The van der Waals surface area contributed by atoms with Crippen LogP contribution in [0.1, 0.15) is 5.56 Å². The van der Waals surface area contributed by atoms with Crippen LogP contribution in [0.3, 0.4) is 0 Å². The topological polar surface area (TPSA) is 25.8 Å². The molecule has 0 saturated heterocycles. The lowest BCUT2D eigenvalue weighted by atomic mass is 10.3. The summed E-state index contributed by atoms with van der Waals surface area (Å²) in [5, 5.41) is 1.98. The highest BCUT2D eigenvalue weighted by molar-refractivity contribution is 7.99. The Labute approximate surface area is 80.9 Å². The summed E-state index contributed by atoms with van der Waals surface area (Å²) in [6.45, 7) is 3.74. The van der Waals surface area contributed by atoms with E-state index in [0.29, 0.717) is 0 Å². The Balaban J connectivity index is 3.21. The van der Waals surface area contributed by atoms with Crippen LogP contribution in [0, 0.1) is 0 Å². The van der Waals surface area contributed by atoms with Gasteiger partial charge in [0.25, 0.3) is 0 Å². The van der Waals surface area contributed by atoms with E-state index in [9.17, 15) is 0 Å². The highest BCUT2D eigenvalue weighted by Crippen LogP contribution is 2.25. The molecule has 0 amide bonds. The van der Waals surface area contributed by atoms with Crippen molar-refractivity contribution in [1.29, 1.82) is 0 Å². The van der Waals surface area contributed by atoms with E-state index in [-0.39, 0.29) is 0 Å². The second-order valence-electron chi connectivity index (χ2n) is 2.01. The quantitative estimate of drug-likeness (QED) is 0.550. The first kappa shape index (κ1) is 9.61. The second-order valence-corrected chi connectivity index (χ2v) is 3.60. The molecule has 0 unspecified atom stereocenters. The van der Waals surface area contributed by atoms with Gasteiger partial charge >= 0.3 is 0 Å². The highest BCUT2D eigenvalue weighted by Gasteiger charge is 2.05. The summed E-state index contributed by atoms with van der Waals surface area (Å²) in [5.41, 5.74) is 1.04. The van der Waals surface area contributed by atoms with Gasteiger partial charge in [-0.15, -0.1) is 23.5 Å². The van der Waals surface area contributed by atoms with Crippen LogP contribution in [0.25, 0.3) is 6.08 Å². The van der Waals surface area contributed by atoms with E-state index in [2.05, 4.69) is 16.5 Å². The molecule has 0 radical (unpaired) electrons. The number of aromatic nitrogens is 2. The first-order chi connectivity index (χ1) is 5.83. The van der Waals surface area contributed by atoms with Gasteiger partial charge in [0.05, 0.1) is 0 Å². The fourth-order valence-electron chi connectivity index (χ4n) is 0.864. The van der Waals surface area contributed by atoms with Gasteiger partial charge in [0.1, 0.15) is 16.4 Å². The molecule has 4 heteroatoms. The molecule has 1 rings (SSSR count). The Morgan fingerprint density at radius 3 is 2.08 bits per heavy atom. The van der Waals surface area contributed by atoms with Gasteiger partial charge in [0, 0.05) is 5.56 Å². The van der Waals surface area contributed by atoms with Crippen molar-refractivity contribution in [3.63, 3.8) is 0 Å². The van der Waals surface area contributed by atoms with Gasteiger partial charge in [0.2, 0.25) is 0 Å². The minimum atomic E-state index is 0.990. The van der Waals surface area contributed by atoms with Crippen molar-refractivity contribution < 1.29 is 0 Å². The first-order valence-electron chi connectivity index (χ1n) is 3.39. The predicted octanol–water partition coefficient (Wildman–Crippen LogP) is 2.56. The van der Waals surface area contributed by atoms with Crippen molar-refractivity contribution >= 4 is 29.6 Å². The number of hydrogen-bond acceptors (Lipinski definition) is 4.